The number of rotatable bonds is 7. The van der Waals surface area contributed by atoms with Crippen molar-refractivity contribution in [1.29, 1.82) is 0 Å². The van der Waals surface area contributed by atoms with Crippen molar-refractivity contribution in [2.45, 2.75) is 30.3 Å². The number of amides is 1. The molecule has 34 heavy (non-hydrogen) atoms. The summed E-state index contributed by atoms with van der Waals surface area (Å²) in [6.07, 6.45) is 3.09. The molecule has 9 heteroatoms. The molecule has 1 amide bonds. The molecule has 0 aliphatic carbocycles. The van der Waals surface area contributed by atoms with Crippen LogP contribution < -0.4 is 10.2 Å². The Morgan fingerprint density at radius 2 is 1.91 bits per heavy atom. The number of likely N-dealkylation sites (N-methyl/N-ethyl adjacent to an activating group) is 1. The van der Waals surface area contributed by atoms with E-state index in [1.54, 1.807) is 62.4 Å². The summed E-state index contributed by atoms with van der Waals surface area (Å²) in [4.78, 5) is 16.3. The Hall–Kier alpha value is -3.17. The summed E-state index contributed by atoms with van der Waals surface area (Å²) in [5.74, 6) is -0.501. The fourth-order valence-electron chi connectivity index (χ4n) is 4.43. The fourth-order valence-corrected chi connectivity index (χ4v) is 5.86. The van der Waals surface area contributed by atoms with Crippen LogP contribution in [0, 0.1) is 5.82 Å². The maximum absolute atomic E-state index is 14.6. The normalized spacial score (nSPS) is 16.1. The number of benzene rings is 2. The van der Waals surface area contributed by atoms with Crippen LogP contribution in [0.3, 0.4) is 0 Å². The van der Waals surface area contributed by atoms with Crippen molar-refractivity contribution < 1.29 is 17.6 Å². The van der Waals surface area contributed by atoms with Gasteiger partial charge in [0, 0.05) is 44.6 Å². The number of nitrogens with one attached hydrogen (secondary N) is 1. The molecular formula is C25H29FN4O3S. The maximum atomic E-state index is 14.6. The number of carbonyl (C=O) groups is 1. The van der Waals surface area contributed by atoms with Gasteiger partial charge in [-0.25, -0.2) is 16.8 Å². The molecule has 0 spiro atoms. The van der Waals surface area contributed by atoms with E-state index in [1.807, 2.05) is 11.0 Å². The van der Waals surface area contributed by atoms with Crippen LogP contribution in [0.2, 0.25) is 0 Å². The Bertz CT molecular complexity index is 1300. The minimum Gasteiger partial charge on any atom is -0.359 e. The molecule has 180 valence electrons. The van der Waals surface area contributed by atoms with Crippen LogP contribution >= 0.6 is 0 Å². The van der Waals surface area contributed by atoms with Crippen LogP contribution in [0.4, 0.5) is 10.1 Å². The standard InChI is InChI=1S/C25H29FN4O3S/c1-27-16-18-14-24(21-10-4-5-11-22(21)26)30(17-18)34(32,33)20-9-6-8-19(15-20)29-13-7-12-23(29)25(31)28(2)3/h4-6,8-11,14-15,17,23,27H,7,12-13,16H2,1-3H3/t23-/m0/s1. The van der Waals surface area contributed by atoms with Gasteiger partial charge in [-0.1, -0.05) is 18.2 Å². The van der Waals surface area contributed by atoms with Gasteiger partial charge in [-0.3, -0.25) is 4.79 Å². The first-order chi connectivity index (χ1) is 16.2. The SMILES string of the molecule is CNCc1cc(-c2ccccc2F)n(S(=O)(=O)c2cccc(N3CCC[C@H]3C(=O)N(C)C)c2)c1. The highest BCUT2D eigenvalue weighted by atomic mass is 32.2. The van der Waals surface area contributed by atoms with Crippen molar-refractivity contribution in [1.82, 2.24) is 14.2 Å². The predicted molar refractivity (Wildman–Crippen MR) is 131 cm³/mol. The third-order valence-corrected chi connectivity index (χ3v) is 7.73. The smallest absolute Gasteiger partial charge is 0.268 e. The van der Waals surface area contributed by atoms with Gasteiger partial charge in [-0.05, 0) is 61.9 Å². The van der Waals surface area contributed by atoms with Gasteiger partial charge < -0.3 is 15.1 Å². The van der Waals surface area contributed by atoms with E-state index in [9.17, 15) is 17.6 Å². The van der Waals surface area contributed by atoms with Gasteiger partial charge >= 0.3 is 0 Å². The Labute approximate surface area is 199 Å². The van der Waals surface area contributed by atoms with Crippen LogP contribution in [0.1, 0.15) is 18.4 Å². The van der Waals surface area contributed by atoms with E-state index in [4.69, 9.17) is 0 Å². The summed E-state index contributed by atoms with van der Waals surface area (Å²) >= 11 is 0. The quantitative estimate of drug-likeness (QED) is 0.557. The van der Waals surface area contributed by atoms with Gasteiger partial charge in [0.05, 0.1) is 10.6 Å². The summed E-state index contributed by atoms with van der Waals surface area (Å²) in [5.41, 5.74) is 1.86. The molecule has 1 atom stereocenters. The Morgan fingerprint density at radius 1 is 1.15 bits per heavy atom. The molecule has 0 unspecified atom stereocenters. The first-order valence-electron chi connectivity index (χ1n) is 11.2. The van der Waals surface area contributed by atoms with Crippen LogP contribution in [0.5, 0.6) is 0 Å². The molecule has 0 radical (unpaired) electrons. The lowest BCUT2D eigenvalue weighted by Crippen LogP contribution is -2.42. The number of halogens is 1. The largest absolute Gasteiger partial charge is 0.359 e. The molecule has 1 aromatic heterocycles. The predicted octanol–water partition coefficient (Wildman–Crippen LogP) is 3.31. The average molecular weight is 485 g/mol. The van der Waals surface area contributed by atoms with Gasteiger partial charge in [-0.15, -0.1) is 0 Å². The third-order valence-electron chi connectivity index (χ3n) is 6.06. The number of aromatic nitrogens is 1. The molecule has 3 aromatic rings. The zero-order valence-electron chi connectivity index (χ0n) is 19.5. The van der Waals surface area contributed by atoms with E-state index in [2.05, 4.69) is 5.32 Å². The van der Waals surface area contributed by atoms with E-state index in [0.29, 0.717) is 18.8 Å². The molecule has 2 heterocycles. The number of hydrogen-bond acceptors (Lipinski definition) is 5. The van der Waals surface area contributed by atoms with E-state index in [1.165, 1.54) is 18.3 Å². The second-order valence-corrected chi connectivity index (χ2v) is 10.4. The molecule has 0 saturated carbocycles. The zero-order valence-corrected chi connectivity index (χ0v) is 20.3. The van der Waals surface area contributed by atoms with Gasteiger partial charge in [-0.2, -0.15) is 0 Å². The highest BCUT2D eigenvalue weighted by molar-refractivity contribution is 7.90. The van der Waals surface area contributed by atoms with E-state index >= 15 is 0 Å². The maximum Gasteiger partial charge on any atom is 0.268 e. The van der Waals surface area contributed by atoms with Crippen LogP contribution in [-0.2, 0) is 21.4 Å². The van der Waals surface area contributed by atoms with Gasteiger partial charge in [0.15, 0.2) is 0 Å². The van der Waals surface area contributed by atoms with Crippen molar-refractivity contribution in [2.75, 3.05) is 32.6 Å². The molecule has 1 N–H and O–H groups in total. The highest BCUT2D eigenvalue weighted by Crippen LogP contribution is 2.32. The van der Waals surface area contributed by atoms with Crippen LogP contribution in [0.25, 0.3) is 11.3 Å². The van der Waals surface area contributed by atoms with Crippen molar-refractivity contribution in [3.8, 4) is 11.3 Å². The van der Waals surface area contributed by atoms with Crippen molar-refractivity contribution in [2.24, 2.45) is 0 Å². The van der Waals surface area contributed by atoms with E-state index in [0.717, 1.165) is 22.4 Å². The second-order valence-electron chi connectivity index (χ2n) is 8.63. The highest BCUT2D eigenvalue weighted by Gasteiger charge is 2.32. The molecule has 7 nitrogen and oxygen atoms in total. The van der Waals surface area contributed by atoms with E-state index < -0.39 is 15.8 Å². The van der Waals surface area contributed by atoms with Crippen molar-refractivity contribution >= 4 is 21.6 Å². The number of carbonyl (C=O) groups excluding carboxylic acids is 1. The molecule has 4 rings (SSSR count). The third kappa shape index (κ3) is 4.45. The van der Waals surface area contributed by atoms with Gasteiger partial charge in [0.25, 0.3) is 10.0 Å². The minimum absolute atomic E-state index is 0.00489. The number of anilines is 1. The number of nitrogens with zero attached hydrogens (tertiary/aromatic N) is 3. The Balaban J connectivity index is 1.78. The minimum atomic E-state index is -4.04. The molecular weight excluding hydrogens is 455 g/mol. The Morgan fingerprint density at radius 3 is 2.62 bits per heavy atom. The van der Waals surface area contributed by atoms with Gasteiger partial charge in [0.1, 0.15) is 11.9 Å². The van der Waals surface area contributed by atoms with E-state index in [-0.39, 0.29) is 28.1 Å². The fraction of sp³-hybridized carbons (Fsp3) is 0.320. The molecule has 1 aliphatic heterocycles. The first kappa shape index (κ1) is 24.0. The molecule has 0 bridgehead atoms. The molecule has 1 aliphatic rings. The monoisotopic (exact) mass is 484 g/mol. The zero-order chi connectivity index (χ0) is 24.5. The first-order valence-corrected chi connectivity index (χ1v) is 12.6. The lowest BCUT2D eigenvalue weighted by molar-refractivity contribution is -0.129. The molecule has 2 aromatic carbocycles. The summed E-state index contributed by atoms with van der Waals surface area (Å²) in [6.45, 7) is 1.11. The molecule has 1 fully saturated rings. The summed E-state index contributed by atoms with van der Waals surface area (Å²) in [5, 5.41) is 3.01. The average Bonchev–Trinajstić information content (AvgIpc) is 3.47. The second kappa shape index (κ2) is 9.60. The topological polar surface area (TPSA) is 74.6 Å². The lowest BCUT2D eigenvalue weighted by Gasteiger charge is -2.28. The summed E-state index contributed by atoms with van der Waals surface area (Å²) < 4.78 is 43.3. The Kier molecular flexibility index (Phi) is 6.77. The molecule has 1 saturated heterocycles. The lowest BCUT2D eigenvalue weighted by atomic mass is 10.1. The van der Waals surface area contributed by atoms with Crippen molar-refractivity contribution in [3.63, 3.8) is 0 Å². The summed E-state index contributed by atoms with van der Waals surface area (Å²) in [6, 6.07) is 14.1. The van der Waals surface area contributed by atoms with Gasteiger partial charge in [0.2, 0.25) is 5.91 Å². The number of hydrogen-bond donors (Lipinski definition) is 1. The summed E-state index contributed by atoms with van der Waals surface area (Å²) in [7, 11) is 1.17. The van der Waals surface area contributed by atoms with Crippen molar-refractivity contribution in [3.05, 3.63) is 72.2 Å². The van der Waals surface area contributed by atoms with Crippen LogP contribution in [-0.4, -0.2) is 56.9 Å². The van der Waals surface area contributed by atoms with Crippen LogP contribution in [0.15, 0.2) is 65.7 Å².